The smallest absolute Gasteiger partial charge is 0.146 e. The first-order chi connectivity index (χ1) is 18.6. The van der Waals surface area contributed by atoms with Crippen LogP contribution in [0.15, 0.2) is 36.4 Å². The third kappa shape index (κ3) is 5.46. The van der Waals surface area contributed by atoms with E-state index in [1.807, 2.05) is 24.3 Å². The molecule has 0 spiro atoms. The highest BCUT2D eigenvalue weighted by Crippen LogP contribution is 2.43. The molecule has 0 aliphatic heterocycles. The van der Waals surface area contributed by atoms with Gasteiger partial charge in [0.25, 0.3) is 0 Å². The van der Waals surface area contributed by atoms with E-state index < -0.39 is 16.1 Å². The van der Waals surface area contributed by atoms with E-state index in [1.165, 1.54) is 0 Å². The lowest BCUT2D eigenvalue weighted by atomic mass is 9.92. The van der Waals surface area contributed by atoms with Gasteiger partial charge in [-0.1, -0.05) is 94.9 Å². The molecule has 3 rings (SSSR count). The summed E-state index contributed by atoms with van der Waals surface area (Å²) < 4.78 is 0. The second-order valence-corrected chi connectivity index (χ2v) is 24.7. The van der Waals surface area contributed by atoms with Crippen molar-refractivity contribution in [1.82, 2.24) is 0 Å². The Morgan fingerprint density at radius 1 is 0.450 bits per heavy atom. The van der Waals surface area contributed by atoms with Gasteiger partial charge >= 0.3 is 0 Å². The van der Waals surface area contributed by atoms with Gasteiger partial charge in [-0.05, 0) is 80.4 Å². The molecule has 2 N–H and O–H groups in total. The number of aromatic hydroxyl groups is 2. The molecule has 0 heterocycles. The van der Waals surface area contributed by atoms with Crippen LogP contribution in [0.3, 0.4) is 0 Å². The lowest BCUT2D eigenvalue weighted by Crippen LogP contribution is -2.43. The highest BCUT2D eigenvalue weighted by atomic mass is 28.3. The van der Waals surface area contributed by atoms with Gasteiger partial charge in [0, 0.05) is 21.9 Å². The predicted octanol–water partition coefficient (Wildman–Crippen LogP) is 10.5. The molecule has 214 valence electrons. The first kappa shape index (κ1) is 31.9. The lowest BCUT2D eigenvalue weighted by molar-refractivity contribution is 0.475. The van der Waals surface area contributed by atoms with Crippen molar-refractivity contribution in [3.8, 4) is 34.4 Å². The maximum absolute atomic E-state index is 10.6. The largest absolute Gasteiger partial charge is 0.508 e. The number of hydrogen-bond acceptors (Lipinski definition) is 2. The van der Waals surface area contributed by atoms with E-state index >= 15 is 0 Å². The minimum atomic E-state index is -2.00. The summed E-state index contributed by atoms with van der Waals surface area (Å²) in [4.78, 5) is 0. The van der Waals surface area contributed by atoms with E-state index in [4.69, 9.17) is 0 Å². The summed E-state index contributed by atoms with van der Waals surface area (Å²) in [5.41, 5.74) is 12.7. The van der Waals surface area contributed by atoms with Crippen LogP contribution in [0.25, 0.3) is 21.5 Å². The minimum absolute atomic E-state index is 0.225. The normalized spacial score (nSPS) is 12.7. The molecular formula is C36H50O2Si2. The van der Waals surface area contributed by atoms with Crippen LogP contribution in [0.4, 0.5) is 0 Å². The number of fused-ring (bicyclic) bond motifs is 2. The van der Waals surface area contributed by atoms with Gasteiger partial charge in [0.1, 0.15) is 27.6 Å². The van der Waals surface area contributed by atoms with Crippen LogP contribution in [-0.2, 0) is 0 Å². The van der Waals surface area contributed by atoms with Crippen molar-refractivity contribution in [3.05, 3.63) is 47.5 Å². The van der Waals surface area contributed by atoms with Crippen LogP contribution < -0.4 is 0 Å². The van der Waals surface area contributed by atoms with E-state index in [0.717, 1.165) is 32.7 Å². The lowest BCUT2D eigenvalue weighted by Gasteiger charge is -2.38. The summed E-state index contributed by atoms with van der Waals surface area (Å²) in [5, 5.41) is 25.1. The molecule has 0 atom stereocenters. The zero-order chi connectivity index (χ0) is 30.2. The maximum atomic E-state index is 10.6. The van der Waals surface area contributed by atoms with Crippen molar-refractivity contribution in [1.29, 1.82) is 0 Å². The molecule has 0 amide bonds. The molecule has 0 aromatic heterocycles. The first-order valence-corrected chi connectivity index (χ1v) is 19.5. The summed E-state index contributed by atoms with van der Waals surface area (Å²) in [6.45, 7) is 27.9. The second-order valence-electron chi connectivity index (χ2n) is 13.5. The third-order valence-corrected chi connectivity index (χ3v) is 22.2. The molecule has 0 saturated carbocycles. The average molecular weight is 571 g/mol. The Kier molecular flexibility index (Phi) is 9.60. The van der Waals surface area contributed by atoms with Crippen LogP contribution in [0, 0.1) is 22.9 Å². The Bertz CT molecular complexity index is 1350. The summed E-state index contributed by atoms with van der Waals surface area (Å²) >= 11 is 0. The van der Waals surface area contributed by atoms with E-state index in [-0.39, 0.29) is 11.5 Å². The molecule has 0 bridgehead atoms. The summed E-state index contributed by atoms with van der Waals surface area (Å²) in [6.07, 6.45) is 0. The molecular weight excluding hydrogens is 521 g/mol. The highest BCUT2D eigenvalue weighted by molar-refractivity contribution is 6.91. The van der Waals surface area contributed by atoms with E-state index in [0.29, 0.717) is 33.2 Å². The van der Waals surface area contributed by atoms with E-state index in [2.05, 4.69) is 106 Å². The molecule has 0 unspecified atom stereocenters. The standard InChI is InChI=1S/C36H50O2Si2/c1-23(2)39(24(3)4,25(5)6)19-17-33-31-15-13-30(38)22-36(31)34(32-16-14-29(37)21-35(32)33)18-20-40(26(7)8,27(9)10)28(11)12/h13-16,21-28,37-38H,1-12H3. The van der Waals surface area contributed by atoms with Crippen molar-refractivity contribution < 1.29 is 10.2 Å². The van der Waals surface area contributed by atoms with Crippen LogP contribution in [0.5, 0.6) is 11.5 Å². The number of phenolic OH excluding ortho intramolecular Hbond substituents is 2. The van der Waals surface area contributed by atoms with Gasteiger partial charge < -0.3 is 10.2 Å². The number of benzene rings is 3. The van der Waals surface area contributed by atoms with Crippen molar-refractivity contribution in [2.45, 2.75) is 116 Å². The zero-order valence-corrected chi connectivity index (χ0v) is 28.8. The van der Waals surface area contributed by atoms with Gasteiger partial charge in [0.05, 0.1) is 0 Å². The monoisotopic (exact) mass is 570 g/mol. The Balaban J connectivity index is 2.53. The number of phenols is 2. The van der Waals surface area contributed by atoms with Gasteiger partial charge in [-0.15, -0.1) is 11.1 Å². The SMILES string of the molecule is CC(C)[Si](C#Cc1c2ccc(O)cc2c(C#C[Si](C(C)C)(C(C)C)C(C)C)c2ccc(O)cc12)(C(C)C)C(C)C. The van der Waals surface area contributed by atoms with Crippen molar-refractivity contribution in [3.63, 3.8) is 0 Å². The van der Waals surface area contributed by atoms with Crippen molar-refractivity contribution in [2.24, 2.45) is 0 Å². The predicted molar refractivity (Wildman–Crippen MR) is 181 cm³/mol. The van der Waals surface area contributed by atoms with Crippen molar-refractivity contribution in [2.75, 3.05) is 0 Å². The van der Waals surface area contributed by atoms with Gasteiger partial charge in [0.2, 0.25) is 0 Å². The van der Waals surface area contributed by atoms with Gasteiger partial charge in [0.15, 0.2) is 0 Å². The molecule has 3 aromatic rings. The number of rotatable bonds is 6. The van der Waals surface area contributed by atoms with E-state index in [9.17, 15) is 10.2 Å². The highest BCUT2D eigenvalue weighted by Gasteiger charge is 2.42. The van der Waals surface area contributed by atoms with E-state index in [1.54, 1.807) is 12.1 Å². The Morgan fingerprint density at radius 2 is 0.725 bits per heavy atom. The molecule has 0 aliphatic carbocycles. The average Bonchev–Trinajstić information content (AvgIpc) is 2.84. The van der Waals surface area contributed by atoms with Gasteiger partial charge in [-0.3, -0.25) is 0 Å². The zero-order valence-electron chi connectivity index (χ0n) is 26.8. The first-order valence-electron chi connectivity index (χ1n) is 15.1. The number of hydrogen-bond donors (Lipinski definition) is 2. The van der Waals surface area contributed by atoms with Crippen LogP contribution in [0.1, 0.15) is 94.2 Å². The van der Waals surface area contributed by atoms with Gasteiger partial charge in [-0.2, -0.15) is 0 Å². The maximum Gasteiger partial charge on any atom is 0.146 e. The molecule has 4 heteroatoms. The molecule has 0 saturated heterocycles. The Labute approximate surface area is 245 Å². The van der Waals surface area contributed by atoms with Gasteiger partial charge in [-0.25, -0.2) is 0 Å². The van der Waals surface area contributed by atoms with Crippen molar-refractivity contribution >= 4 is 37.7 Å². The third-order valence-electron chi connectivity index (χ3n) is 9.62. The van der Waals surface area contributed by atoms with Crippen LogP contribution in [0.2, 0.25) is 33.2 Å². The van der Waals surface area contributed by atoms with Crippen LogP contribution >= 0.6 is 0 Å². The molecule has 0 aliphatic rings. The quantitative estimate of drug-likeness (QED) is 0.176. The molecule has 0 radical (unpaired) electrons. The minimum Gasteiger partial charge on any atom is -0.508 e. The summed E-state index contributed by atoms with van der Waals surface area (Å²) in [7, 11) is -3.99. The topological polar surface area (TPSA) is 40.5 Å². The molecule has 40 heavy (non-hydrogen) atoms. The fraction of sp³-hybridized carbons (Fsp3) is 0.500. The summed E-state index contributed by atoms with van der Waals surface area (Å²) in [5.74, 6) is 7.84. The molecule has 3 aromatic carbocycles. The fourth-order valence-electron chi connectivity index (χ4n) is 7.68. The Morgan fingerprint density at radius 3 is 0.975 bits per heavy atom. The van der Waals surface area contributed by atoms with Crippen LogP contribution in [-0.4, -0.2) is 26.4 Å². The fourth-order valence-corrected chi connectivity index (χ4v) is 18.1. The Hall–Kier alpha value is -2.67. The second kappa shape index (κ2) is 12.1. The molecule has 2 nitrogen and oxygen atoms in total. The molecule has 0 fully saturated rings. The summed E-state index contributed by atoms with van der Waals surface area (Å²) in [6, 6.07) is 11.1.